The average molecular weight is 279 g/mol. The Labute approximate surface area is 119 Å². The van der Waals surface area contributed by atoms with Crippen LogP contribution in [0.1, 0.15) is 25.1 Å². The normalized spacial score (nSPS) is 20.8. The van der Waals surface area contributed by atoms with Gasteiger partial charge >= 0.3 is 0 Å². The summed E-state index contributed by atoms with van der Waals surface area (Å²) in [5.41, 5.74) is 0.925. The summed E-state index contributed by atoms with van der Waals surface area (Å²) in [5, 5.41) is 3.20. The molecule has 4 nitrogen and oxygen atoms in total. The molecule has 2 unspecified atom stereocenters. The Hall–Kier alpha value is -1.46. The highest BCUT2D eigenvalue weighted by atomic mass is 19.1. The van der Waals surface area contributed by atoms with Crippen LogP contribution in [0.3, 0.4) is 0 Å². The van der Waals surface area contributed by atoms with Gasteiger partial charge in [-0.3, -0.25) is 10.1 Å². The Morgan fingerprint density at radius 1 is 1.40 bits per heavy atom. The van der Waals surface area contributed by atoms with E-state index in [-0.39, 0.29) is 23.9 Å². The number of nitrogens with one attached hydrogen (secondary N) is 1. The number of halogens is 1. The molecule has 0 bridgehead atoms. The van der Waals surface area contributed by atoms with Gasteiger partial charge in [0, 0.05) is 6.04 Å². The molecule has 1 amide bonds. The monoisotopic (exact) mass is 279 g/mol. The van der Waals surface area contributed by atoms with Crippen molar-refractivity contribution in [1.29, 1.82) is 0 Å². The maximum absolute atomic E-state index is 13.0. The van der Waals surface area contributed by atoms with Crippen molar-refractivity contribution in [2.45, 2.75) is 25.6 Å². The molecular weight excluding hydrogens is 257 g/mol. The zero-order chi connectivity index (χ0) is 14.7. The van der Waals surface area contributed by atoms with Crippen LogP contribution in [0.5, 0.6) is 0 Å². The van der Waals surface area contributed by atoms with E-state index in [0.29, 0.717) is 6.54 Å². The van der Waals surface area contributed by atoms with Crippen LogP contribution in [0.25, 0.3) is 0 Å². The number of hydrogen-bond acceptors (Lipinski definition) is 3. The molecule has 0 aromatic heterocycles. The van der Waals surface area contributed by atoms with Gasteiger partial charge in [-0.25, -0.2) is 4.39 Å². The predicted molar refractivity (Wildman–Crippen MR) is 76.6 cm³/mol. The number of amides is 1. The minimum atomic E-state index is -0.259. The molecule has 1 fully saturated rings. The van der Waals surface area contributed by atoms with Crippen molar-refractivity contribution >= 4 is 5.91 Å². The van der Waals surface area contributed by atoms with Gasteiger partial charge in [0.25, 0.3) is 0 Å². The topological polar surface area (TPSA) is 35.6 Å². The summed E-state index contributed by atoms with van der Waals surface area (Å²) in [4.78, 5) is 16.1. The Bertz CT molecular complexity index is 461. The maximum atomic E-state index is 13.0. The predicted octanol–water partition coefficient (Wildman–Crippen LogP) is 1.60. The Morgan fingerprint density at radius 3 is 2.65 bits per heavy atom. The van der Waals surface area contributed by atoms with E-state index in [9.17, 15) is 9.18 Å². The lowest BCUT2D eigenvalue weighted by atomic mass is 10.1. The van der Waals surface area contributed by atoms with Crippen molar-refractivity contribution in [3.05, 3.63) is 35.6 Å². The molecule has 1 aliphatic rings. The van der Waals surface area contributed by atoms with Crippen LogP contribution >= 0.6 is 0 Å². The third-order valence-corrected chi connectivity index (χ3v) is 3.67. The van der Waals surface area contributed by atoms with Crippen molar-refractivity contribution < 1.29 is 9.18 Å². The lowest BCUT2D eigenvalue weighted by Crippen LogP contribution is -2.39. The quantitative estimate of drug-likeness (QED) is 0.889. The van der Waals surface area contributed by atoms with E-state index in [1.165, 1.54) is 12.1 Å². The van der Waals surface area contributed by atoms with Crippen LogP contribution in [-0.2, 0) is 4.79 Å². The number of carbonyl (C=O) groups excluding carboxylic acids is 1. The summed E-state index contributed by atoms with van der Waals surface area (Å²) < 4.78 is 13.0. The minimum Gasteiger partial charge on any atom is -0.319 e. The SMILES string of the molecule is CC(CCN(C)C)N1C(=O)CNC1c1ccc(F)cc1. The zero-order valence-electron chi connectivity index (χ0n) is 12.3. The first-order chi connectivity index (χ1) is 9.49. The molecule has 110 valence electrons. The van der Waals surface area contributed by atoms with Crippen LogP contribution in [0.2, 0.25) is 0 Å². The van der Waals surface area contributed by atoms with E-state index >= 15 is 0 Å². The fraction of sp³-hybridized carbons (Fsp3) is 0.533. The molecular formula is C15H22FN3O. The van der Waals surface area contributed by atoms with E-state index in [1.807, 2.05) is 19.0 Å². The van der Waals surface area contributed by atoms with E-state index in [0.717, 1.165) is 18.5 Å². The summed E-state index contributed by atoms with van der Waals surface area (Å²) in [7, 11) is 4.04. The van der Waals surface area contributed by atoms with Gasteiger partial charge in [-0.15, -0.1) is 0 Å². The average Bonchev–Trinajstić information content (AvgIpc) is 2.79. The third-order valence-electron chi connectivity index (χ3n) is 3.67. The minimum absolute atomic E-state index is 0.102. The maximum Gasteiger partial charge on any atom is 0.238 e. The molecule has 1 saturated heterocycles. The van der Waals surface area contributed by atoms with Crippen LogP contribution < -0.4 is 5.32 Å². The van der Waals surface area contributed by atoms with Gasteiger partial charge in [-0.1, -0.05) is 12.1 Å². The lowest BCUT2D eigenvalue weighted by Gasteiger charge is -2.31. The van der Waals surface area contributed by atoms with Crippen LogP contribution in [0.4, 0.5) is 4.39 Å². The van der Waals surface area contributed by atoms with Crippen LogP contribution in [-0.4, -0.2) is 48.9 Å². The van der Waals surface area contributed by atoms with Gasteiger partial charge in [0.15, 0.2) is 0 Å². The fourth-order valence-corrected chi connectivity index (χ4v) is 2.53. The van der Waals surface area contributed by atoms with Crippen LogP contribution in [0, 0.1) is 5.82 Å². The standard InChI is InChI=1S/C15H22FN3O/c1-11(8-9-18(2)3)19-14(20)10-17-15(19)12-4-6-13(16)7-5-12/h4-7,11,15,17H,8-10H2,1-3H3. The van der Waals surface area contributed by atoms with E-state index in [1.54, 1.807) is 12.1 Å². The largest absolute Gasteiger partial charge is 0.319 e. The Balaban J connectivity index is 2.11. The molecule has 1 heterocycles. The number of rotatable bonds is 5. The highest BCUT2D eigenvalue weighted by Crippen LogP contribution is 2.26. The Kier molecular flexibility index (Phi) is 4.73. The molecule has 0 spiro atoms. The fourth-order valence-electron chi connectivity index (χ4n) is 2.53. The molecule has 2 atom stereocenters. The first-order valence-electron chi connectivity index (χ1n) is 6.94. The van der Waals surface area contributed by atoms with Gasteiger partial charge in [-0.2, -0.15) is 0 Å². The molecule has 5 heteroatoms. The second-order valence-corrected chi connectivity index (χ2v) is 5.58. The molecule has 2 rings (SSSR count). The van der Waals surface area contributed by atoms with Gasteiger partial charge in [0.05, 0.1) is 6.54 Å². The molecule has 0 aliphatic carbocycles. The number of hydrogen-bond donors (Lipinski definition) is 1. The molecule has 0 radical (unpaired) electrons. The first-order valence-corrected chi connectivity index (χ1v) is 6.94. The number of carbonyl (C=O) groups is 1. The summed E-state index contributed by atoms with van der Waals surface area (Å²) in [5.74, 6) is -0.157. The van der Waals surface area contributed by atoms with E-state index in [4.69, 9.17) is 0 Å². The molecule has 1 aliphatic heterocycles. The zero-order valence-corrected chi connectivity index (χ0v) is 12.3. The van der Waals surface area contributed by atoms with Crippen molar-refractivity contribution in [3.63, 3.8) is 0 Å². The number of nitrogens with zero attached hydrogens (tertiary/aromatic N) is 2. The van der Waals surface area contributed by atoms with Crippen molar-refractivity contribution in [1.82, 2.24) is 15.1 Å². The van der Waals surface area contributed by atoms with Crippen molar-refractivity contribution in [2.75, 3.05) is 27.2 Å². The smallest absolute Gasteiger partial charge is 0.238 e. The van der Waals surface area contributed by atoms with Gasteiger partial charge < -0.3 is 9.80 Å². The third kappa shape index (κ3) is 3.35. The van der Waals surface area contributed by atoms with Crippen molar-refractivity contribution in [2.24, 2.45) is 0 Å². The summed E-state index contributed by atoms with van der Waals surface area (Å²) >= 11 is 0. The molecule has 1 N–H and O–H groups in total. The summed E-state index contributed by atoms with van der Waals surface area (Å²) in [6.45, 7) is 3.33. The van der Waals surface area contributed by atoms with E-state index < -0.39 is 0 Å². The van der Waals surface area contributed by atoms with Crippen molar-refractivity contribution in [3.8, 4) is 0 Å². The molecule has 20 heavy (non-hydrogen) atoms. The second-order valence-electron chi connectivity index (χ2n) is 5.58. The second kappa shape index (κ2) is 6.33. The number of benzene rings is 1. The summed E-state index contributed by atoms with van der Waals surface area (Å²) in [6, 6.07) is 6.48. The molecule has 1 aromatic rings. The van der Waals surface area contributed by atoms with Gasteiger partial charge in [0.1, 0.15) is 12.0 Å². The molecule has 0 saturated carbocycles. The van der Waals surface area contributed by atoms with E-state index in [2.05, 4.69) is 17.1 Å². The first kappa shape index (κ1) is 14.9. The highest BCUT2D eigenvalue weighted by Gasteiger charge is 2.34. The van der Waals surface area contributed by atoms with Gasteiger partial charge in [0.2, 0.25) is 5.91 Å². The highest BCUT2D eigenvalue weighted by molar-refractivity contribution is 5.81. The van der Waals surface area contributed by atoms with Crippen LogP contribution in [0.15, 0.2) is 24.3 Å². The molecule has 1 aromatic carbocycles. The van der Waals surface area contributed by atoms with Gasteiger partial charge in [-0.05, 0) is 51.7 Å². The Morgan fingerprint density at radius 2 is 2.05 bits per heavy atom. The lowest BCUT2D eigenvalue weighted by molar-refractivity contribution is -0.130. The summed E-state index contributed by atoms with van der Waals surface area (Å²) in [6.07, 6.45) is 0.762.